The molecule has 4 rings (SSSR count). The van der Waals surface area contributed by atoms with Gasteiger partial charge in [0, 0.05) is 38.7 Å². The van der Waals surface area contributed by atoms with Crippen LogP contribution in [0.25, 0.3) is 6.08 Å². The Morgan fingerprint density at radius 1 is 1.03 bits per heavy atom. The van der Waals surface area contributed by atoms with Crippen molar-refractivity contribution in [3.05, 3.63) is 53.0 Å². The molecule has 1 aromatic carbocycles. The molecule has 2 aromatic rings. The van der Waals surface area contributed by atoms with Crippen molar-refractivity contribution in [3.63, 3.8) is 0 Å². The Labute approximate surface area is 173 Å². The summed E-state index contributed by atoms with van der Waals surface area (Å²) in [5.74, 6) is 1.19. The van der Waals surface area contributed by atoms with Crippen LogP contribution in [0.5, 0.6) is 11.5 Å². The van der Waals surface area contributed by atoms with Gasteiger partial charge in [-0.1, -0.05) is 11.6 Å². The zero-order valence-electron chi connectivity index (χ0n) is 15.8. The number of amides is 2. The fraction of sp³-hybridized carbons (Fsp3) is 0.333. The molecule has 0 unspecified atom stereocenters. The van der Waals surface area contributed by atoms with Gasteiger partial charge in [-0.3, -0.25) is 9.59 Å². The van der Waals surface area contributed by atoms with Crippen molar-refractivity contribution in [2.24, 2.45) is 0 Å². The largest absolute Gasteiger partial charge is 0.489 e. The Bertz CT molecular complexity index is 917. The Morgan fingerprint density at radius 3 is 2.55 bits per heavy atom. The summed E-state index contributed by atoms with van der Waals surface area (Å²) in [5, 5.41) is 0.460. The van der Waals surface area contributed by atoms with E-state index < -0.39 is 0 Å². The van der Waals surface area contributed by atoms with Crippen LogP contribution < -0.4 is 9.47 Å². The summed E-state index contributed by atoms with van der Waals surface area (Å²) in [5.41, 5.74) is 0.763. The minimum absolute atomic E-state index is 0.113. The molecule has 1 aromatic heterocycles. The van der Waals surface area contributed by atoms with Gasteiger partial charge in [0.15, 0.2) is 17.3 Å². The Hall–Kier alpha value is -2.93. The van der Waals surface area contributed by atoms with Gasteiger partial charge in [0.1, 0.15) is 0 Å². The number of hydrogen-bond donors (Lipinski definition) is 0. The summed E-state index contributed by atoms with van der Waals surface area (Å²) >= 11 is 6.29. The van der Waals surface area contributed by atoms with Gasteiger partial charge in [-0.25, -0.2) is 0 Å². The van der Waals surface area contributed by atoms with Crippen LogP contribution >= 0.6 is 11.6 Å². The van der Waals surface area contributed by atoms with Gasteiger partial charge in [-0.2, -0.15) is 0 Å². The van der Waals surface area contributed by atoms with Gasteiger partial charge in [0.05, 0.1) is 24.5 Å². The number of fused-ring (bicyclic) bond motifs is 1. The van der Waals surface area contributed by atoms with E-state index in [2.05, 4.69) is 0 Å². The third kappa shape index (κ3) is 4.40. The second kappa shape index (κ2) is 8.61. The number of carbonyl (C=O) groups excluding carboxylic acids is 2. The van der Waals surface area contributed by atoms with Gasteiger partial charge in [0.2, 0.25) is 5.91 Å². The number of carbonyl (C=O) groups is 2. The number of piperazine rings is 1. The lowest BCUT2D eigenvalue weighted by molar-refractivity contribution is -0.127. The van der Waals surface area contributed by atoms with Gasteiger partial charge < -0.3 is 23.7 Å². The molecular formula is C21H21ClN2O5. The number of furan rings is 1. The SMILES string of the molecule is O=C(/C=C/c1cc(Cl)c2c(c1)OCCCO2)N1CCN(C(=O)c2ccco2)CC1. The van der Waals surface area contributed by atoms with Crippen LogP contribution in [0.1, 0.15) is 22.5 Å². The first kappa shape index (κ1) is 19.4. The highest BCUT2D eigenvalue weighted by molar-refractivity contribution is 6.32. The Morgan fingerprint density at radius 2 is 1.79 bits per heavy atom. The number of halogens is 1. The highest BCUT2D eigenvalue weighted by atomic mass is 35.5. The molecule has 0 atom stereocenters. The first-order valence-corrected chi connectivity index (χ1v) is 9.88. The lowest BCUT2D eigenvalue weighted by atomic mass is 10.1. The molecule has 0 bridgehead atoms. The molecule has 1 fully saturated rings. The van der Waals surface area contributed by atoms with Crippen molar-refractivity contribution < 1.29 is 23.5 Å². The smallest absolute Gasteiger partial charge is 0.289 e. The first-order chi connectivity index (χ1) is 14.1. The van der Waals surface area contributed by atoms with Gasteiger partial charge in [-0.05, 0) is 35.9 Å². The number of rotatable bonds is 3. The number of hydrogen-bond acceptors (Lipinski definition) is 5. The van der Waals surface area contributed by atoms with Gasteiger partial charge in [0.25, 0.3) is 5.91 Å². The van der Waals surface area contributed by atoms with Crippen LogP contribution in [0.3, 0.4) is 0 Å². The maximum Gasteiger partial charge on any atom is 0.289 e. The minimum atomic E-state index is -0.153. The van der Waals surface area contributed by atoms with Gasteiger partial charge >= 0.3 is 0 Å². The Balaban J connectivity index is 1.36. The zero-order chi connectivity index (χ0) is 20.2. The molecule has 0 spiro atoms. The van der Waals surface area contributed by atoms with Crippen molar-refractivity contribution in [1.82, 2.24) is 9.80 Å². The molecule has 7 nitrogen and oxygen atoms in total. The summed E-state index contributed by atoms with van der Waals surface area (Å²) in [6.07, 6.45) is 5.50. The minimum Gasteiger partial charge on any atom is -0.489 e. The number of benzene rings is 1. The molecule has 1 saturated heterocycles. The maximum absolute atomic E-state index is 12.5. The van der Waals surface area contributed by atoms with Crippen LogP contribution in [-0.4, -0.2) is 61.0 Å². The van der Waals surface area contributed by atoms with Crippen LogP contribution in [-0.2, 0) is 4.79 Å². The second-order valence-corrected chi connectivity index (χ2v) is 7.22. The molecule has 29 heavy (non-hydrogen) atoms. The van der Waals surface area contributed by atoms with E-state index in [9.17, 15) is 9.59 Å². The lowest BCUT2D eigenvalue weighted by Crippen LogP contribution is -2.50. The summed E-state index contributed by atoms with van der Waals surface area (Å²) in [6, 6.07) is 6.89. The predicted molar refractivity (Wildman–Crippen MR) is 107 cm³/mol. The standard InChI is InChI=1S/C21H21ClN2O5/c22-16-13-15(14-18-20(16)29-12-2-11-28-18)4-5-19(25)23-6-8-24(9-7-23)21(26)17-3-1-10-27-17/h1,3-5,10,13-14H,2,6-9,11-12H2/b5-4+. The first-order valence-electron chi connectivity index (χ1n) is 9.51. The molecule has 2 aliphatic rings. The average molecular weight is 417 g/mol. The van der Waals surface area contributed by atoms with E-state index in [1.807, 2.05) is 6.07 Å². The second-order valence-electron chi connectivity index (χ2n) is 6.81. The van der Waals surface area contributed by atoms with Crippen molar-refractivity contribution in [1.29, 1.82) is 0 Å². The van der Waals surface area contributed by atoms with E-state index >= 15 is 0 Å². The van der Waals surface area contributed by atoms with E-state index in [1.165, 1.54) is 12.3 Å². The molecule has 152 valence electrons. The summed E-state index contributed by atoms with van der Waals surface area (Å²) in [6.45, 7) is 3.00. The summed E-state index contributed by atoms with van der Waals surface area (Å²) in [4.78, 5) is 28.2. The third-order valence-corrected chi connectivity index (χ3v) is 5.13. The monoisotopic (exact) mass is 416 g/mol. The molecular weight excluding hydrogens is 396 g/mol. The molecule has 8 heteroatoms. The predicted octanol–water partition coefficient (Wildman–Crippen LogP) is 3.09. The van der Waals surface area contributed by atoms with Gasteiger partial charge in [-0.15, -0.1) is 0 Å². The van der Waals surface area contributed by atoms with Crippen molar-refractivity contribution >= 4 is 29.5 Å². The van der Waals surface area contributed by atoms with E-state index in [-0.39, 0.29) is 11.8 Å². The van der Waals surface area contributed by atoms with E-state index in [0.29, 0.717) is 61.7 Å². The Kier molecular flexibility index (Phi) is 5.76. The van der Waals surface area contributed by atoms with Crippen LogP contribution in [0, 0.1) is 0 Å². The molecule has 0 saturated carbocycles. The fourth-order valence-corrected chi connectivity index (χ4v) is 3.58. The maximum atomic E-state index is 12.5. The average Bonchev–Trinajstić information content (AvgIpc) is 3.17. The van der Waals surface area contributed by atoms with Crippen LogP contribution in [0.2, 0.25) is 5.02 Å². The fourth-order valence-electron chi connectivity index (χ4n) is 3.31. The summed E-state index contributed by atoms with van der Waals surface area (Å²) < 4.78 is 16.4. The van der Waals surface area contributed by atoms with E-state index in [4.69, 9.17) is 25.5 Å². The van der Waals surface area contributed by atoms with Crippen molar-refractivity contribution in [3.8, 4) is 11.5 Å². The highest BCUT2D eigenvalue weighted by Gasteiger charge is 2.25. The van der Waals surface area contributed by atoms with Crippen LogP contribution in [0.15, 0.2) is 41.0 Å². The van der Waals surface area contributed by atoms with Crippen molar-refractivity contribution in [2.45, 2.75) is 6.42 Å². The molecule has 0 radical (unpaired) electrons. The topological polar surface area (TPSA) is 72.2 Å². The van der Waals surface area contributed by atoms with Crippen LogP contribution in [0.4, 0.5) is 0 Å². The van der Waals surface area contributed by atoms with E-state index in [1.54, 1.807) is 34.1 Å². The molecule has 2 amide bonds. The number of nitrogens with zero attached hydrogens (tertiary/aromatic N) is 2. The zero-order valence-corrected chi connectivity index (χ0v) is 16.6. The molecule has 2 aliphatic heterocycles. The molecule has 0 N–H and O–H groups in total. The third-order valence-electron chi connectivity index (χ3n) is 4.85. The molecule has 0 aliphatic carbocycles. The molecule has 3 heterocycles. The summed E-state index contributed by atoms with van der Waals surface area (Å²) in [7, 11) is 0. The van der Waals surface area contributed by atoms with Crippen molar-refractivity contribution in [2.75, 3.05) is 39.4 Å². The number of ether oxygens (including phenoxy) is 2. The quantitative estimate of drug-likeness (QED) is 0.719. The van der Waals surface area contributed by atoms with E-state index in [0.717, 1.165) is 12.0 Å². The lowest BCUT2D eigenvalue weighted by Gasteiger charge is -2.33. The highest BCUT2D eigenvalue weighted by Crippen LogP contribution is 2.38. The normalized spacial score (nSPS) is 16.7.